The van der Waals surface area contributed by atoms with E-state index in [1.165, 1.54) is 0 Å². The van der Waals surface area contributed by atoms with E-state index in [1.54, 1.807) is 0 Å². The summed E-state index contributed by atoms with van der Waals surface area (Å²) in [6.07, 6.45) is 3.12. The Bertz CT molecular complexity index is 393. The largest absolute Gasteiger partial charge is 0.284 e. The number of hydrogen-bond donors (Lipinski definition) is 2. The third-order valence-electron chi connectivity index (χ3n) is 2.79. The van der Waals surface area contributed by atoms with E-state index in [1.807, 2.05) is 36.5 Å². The van der Waals surface area contributed by atoms with Crippen molar-refractivity contribution in [3.8, 4) is 0 Å². The number of hydrogen-bond acceptors (Lipinski definition) is 4. The predicted octanol–water partition coefficient (Wildman–Crippen LogP) is 0.169. The Morgan fingerprint density at radius 2 is 2.29 bits per heavy atom. The molecule has 1 aliphatic rings. The predicted molar refractivity (Wildman–Crippen MR) is 65.4 cm³/mol. The van der Waals surface area contributed by atoms with Gasteiger partial charge in [-0.3, -0.25) is 15.1 Å². The van der Waals surface area contributed by atoms with E-state index in [9.17, 15) is 4.79 Å². The zero-order valence-electron chi connectivity index (χ0n) is 9.47. The van der Waals surface area contributed by atoms with E-state index >= 15 is 0 Å². The molecule has 5 nitrogen and oxygen atoms in total. The van der Waals surface area contributed by atoms with E-state index in [-0.39, 0.29) is 5.66 Å². The number of amides is 1. The van der Waals surface area contributed by atoms with Crippen molar-refractivity contribution in [1.82, 2.24) is 16.2 Å². The van der Waals surface area contributed by atoms with Gasteiger partial charge in [0.1, 0.15) is 5.66 Å². The molecule has 1 aromatic carbocycles. The van der Waals surface area contributed by atoms with Crippen LogP contribution in [0, 0.1) is 0 Å². The molecule has 0 aromatic heterocycles. The summed E-state index contributed by atoms with van der Waals surface area (Å²) in [5.41, 5.74) is 6.89. The average molecular weight is 231 g/mol. The van der Waals surface area contributed by atoms with Gasteiger partial charge in [0.25, 0.3) is 0 Å². The van der Waals surface area contributed by atoms with Gasteiger partial charge in [-0.15, -0.1) is 0 Å². The van der Waals surface area contributed by atoms with E-state index in [0.717, 1.165) is 18.5 Å². The fourth-order valence-electron chi connectivity index (χ4n) is 1.99. The number of nitrogens with zero attached hydrogens (tertiary/aromatic N) is 2. The van der Waals surface area contributed by atoms with Crippen molar-refractivity contribution in [3.05, 3.63) is 35.9 Å². The van der Waals surface area contributed by atoms with Crippen molar-refractivity contribution < 1.29 is 4.79 Å². The van der Waals surface area contributed by atoms with Gasteiger partial charge in [-0.25, -0.2) is 5.43 Å². The summed E-state index contributed by atoms with van der Waals surface area (Å²) < 4.78 is 0. The SMILES string of the molecule is O=C[N]NCCC1(c2ccccc2)N=CCN1. The number of aliphatic imine (C=N–C) groups is 1. The highest BCUT2D eigenvalue weighted by Crippen LogP contribution is 2.28. The van der Waals surface area contributed by atoms with Crippen molar-refractivity contribution in [1.29, 1.82) is 0 Å². The smallest absolute Gasteiger partial charge is 0.244 e. The zero-order chi connectivity index (χ0) is 12.0. The van der Waals surface area contributed by atoms with Crippen LogP contribution in [0.1, 0.15) is 12.0 Å². The van der Waals surface area contributed by atoms with Crippen LogP contribution in [-0.4, -0.2) is 25.7 Å². The average Bonchev–Trinajstić information content (AvgIpc) is 2.86. The monoisotopic (exact) mass is 231 g/mol. The molecule has 2 N–H and O–H groups in total. The van der Waals surface area contributed by atoms with Crippen molar-refractivity contribution in [2.75, 3.05) is 13.1 Å². The molecule has 1 amide bonds. The van der Waals surface area contributed by atoms with Gasteiger partial charge in [-0.2, -0.15) is 5.43 Å². The van der Waals surface area contributed by atoms with Crippen molar-refractivity contribution in [3.63, 3.8) is 0 Å². The van der Waals surface area contributed by atoms with Crippen LogP contribution in [0.15, 0.2) is 35.3 Å². The van der Waals surface area contributed by atoms with Crippen LogP contribution in [-0.2, 0) is 10.5 Å². The van der Waals surface area contributed by atoms with Crippen molar-refractivity contribution in [2.45, 2.75) is 12.1 Å². The van der Waals surface area contributed by atoms with Crippen LogP contribution in [0.2, 0.25) is 0 Å². The van der Waals surface area contributed by atoms with E-state index in [2.05, 4.69) is 21.2 Å². The molecular weight excluding hydrogens is 216 g/mol. The molecule has 0 fully saturated rings. The third-order valence-corrected chi connectivity index (χ3v) is 2.79. The summed E-state index contributed by atoms with van der Waals surface area (Å²) in [4.78, 5) is 14.6. The lowest BCUT2D eigenvalue weighted by Crippen LogP contribution is -2.40. The molecule has 1 aromatic rings. The Morgan fingerprint density at radius 1 is 1.47 bits per heavy atom. The summed E-state index contributed by atoms with van der Waals surface area (Å²) in [5.74, 6) is 0. The van der Waals surface area contributed by atoms with E-state index in [0.29, 0.717) is 13.0 Å². The molecule has 1 radical (unpaired) electrons. The molecule has 2 rings (SSSR count). The number of benzene rings is 1. The molecule has 0 aliphatic carbocycles. The summed E-state index contributed by atoms with van der Waals surface area (Å²) in [7, 11) is 0. The summed E-state index contributed by atoms with van der Waals surface area (Å²) in [5, 5.41) is 3.37. The quantitative estimate of drug-likeness (QED) is 0.416. The first-order valence-corrected chi connectivity index (χ1v) is 5.58. The number of carbonyl (C=O) groups is 1. The Kier molecular flexibility index (Phi) is 3.85. The minimum atomic E-state index is -0.382. The first-order valence-electron chi connectivity index (χ1n) is 5.58. The van der Waals surface area contributed by atoms with Crippen molar-refractivity contribution >= 4 is 12.6 Å². The lowest BCUT2D eigenvalue weighted by Gasteiger charge is -2.27. The van der Waals surface area contributed by atoms with Gasteiger partial charge in [0.05, 0.1) is 0 Å². The van der Waals surface area contributed by atoms with Gasteiger partial charge in [0, 0.05) is 25.7 Å². The van der Waals surface area contributed by atoms with Gasteiger partial charge in [0.2, 0.25) is 6.41 Å². The second-order valence-electron chi connectivity index (χ2n) is 3.81. The van der Waals surface area contributed by atoms with Crippen LogP contribution in [0.3, 0.4) is 0 Å². The minimum Gasteiger partial charge on any atom is -0.284 e. The summed E-state index contributed by atoms with van der Waals surface area (Å²) in [6.45, 7) is 1.36. The molecule has 0 saturated carbocycles. The number of nitrogens with one attached hydrogen (secondary N) is 2. The highest BCUT2D eigenvalue weighted by molar-refractivity contribution is 5.63. The summed E-state index contributed by atoms with van der Waals surface area (Å²) in [6, 6.07) is 10.1. The first kappa shape index (κ1) is 11.8. The van der Waals surface area contributed by atoms with Gasteiger partial charge < -0.3 is 0 Å². The minimum absolute atomic E-state index is 0.382. The molecule has 89 valence electrons. The molecule has 5 heteroatoms. The lowest BCUT2D eigenvalue weighted by atomic mass is 9.97. The highest BCUT2D eigenvalue weighted by Gasteiger charge is 2.32. The second-order valence-corrected chi connectivity index (χ2v) is 3.81. The van der Waals surface area contributed by atoms with Gasteiger partial charge in [-0.05, 0) is 5.56 Å². The lowest BCUT2D eigenvalue weighted by molar-refractivity contribution is -0.110. The topological polar surface area (TPSA) is 67.6 Å². The molecule has 1 unspecified atom stereocenters. The fraction of sp³-hybridized carbons (Fsp3) is 0.333. The molecule has 17 heavy (non-hydrogen) atoms. The van der Waals surface area contributed by atoms with Gasteiger partial charge in [-0.1, -0.05) is 30.3 Å². The maximum Gasteiger partial charge on any atom is 0.244 e. The van der Waals surface area contributed by atoms with Crippen LogP contribution in [0.25, 0.3) is 0 Å². The Balaban J connectivity index is 2.05. The Hall–Kier alpha value is -1.72. The maximum absolute atomic E-state index is 10.1. The molecular formula is C12H15N4O. The molecule has 1 atom stereocenters. The maximum atomic E-state index is 10.1. The van der Waals surface area contributed by atoms with Crippen LogP contribution < -0.4 is 16.2 Å². The molecule has 0 spiro atoms. The van der Waals surface area contributed by atoms with Crippen molar-refractivity contribution in [2.24, 2.45) is 4.99 Å². The third kappa shape index (κ3) is 2.69. The van der Waals surface area contributed by atoms with Gasteiger partial charge in [0.15, 0.2) is 0 Å². The molecule has 1 aliphatic heterocycles. The molecule has 0 bridgehead atoms. The molecule has 0 saturated heterocycles. The highest BCUT2D eigenvalue weighted by atomic mass is 16.1. The molecule has 1 heterocycles. The van der Waals surface area contributed by atoms with Crippen LogP contribution >= 0.6 is 0 Å². The van der Waals surface area contributed by atoms with Gasteiger partial charge >= 0.3 is 0 Å². The first-order chi connectivity index (χ1) is 8.37. The standard InChI is InChI=1S/C12H15N4O/c17-10-16-15-7-6-12(13-8-9-14-12)11-4-2-1-3-5-11/h1-5,8,10,14-15H,6-7,9H2. The number of rotatable bonds is 6. The van der Waals surface area contributed by atoms with E-state index < -0.39 is 0 Å². The normalized spacial score (nSPS) is 22.6. The fourth-order valence-corrected chi connectivity index (χ4v) is 1.99. The summed E-state index contributed by atoms with van der Waals surface area (Å²) >= 11 is 0. The van der Waals surface area contributed by atoms with Crippen LogP contribution in [0.5, 0.6) is 0 Å². The van der Waals surface area contributed by atoms with Crippen LogP contribution in [0.4, 0.5) is 0 Å². The Labute approximate surface area is 100 Å². The Morgan fingerprint density at radius 3 is 2.94 bits per heavy atom. The van der Waals surface area contributed by atoms with E-state index in [4.69, 9.17) is 0 Å². The second kappa shape index (κ2) is 5.56. The number of carbonyl (C=O) groups excluding carboxylic acids is 1. The zero-order valence-corrected chi connectivity index (χ0v) is 9.47.